The van der Waals surface area contributed by atoms with E-state index in [4.69, 9.17) is 16.3 Å². The van der Waals surface area contributed by atoms with Gasteiger partial charge in [0.15, 0.2) is 0 Å². The monoisotopic (exact) mass is 444 g/mol. The molecule has 3 rings (SSSR count). The van der Waals surface area contributed by atoms with E-state index in [1.807, 2.05) is 0 Å². The van der Waals surface area contributed by atoms with Gasteiger partial charge in [0.05, 0.1) is 7.11 Å². The van der Waals surface area contributed by atoms with Crippen molar-refractivity contribution in [1.29, 1.82) is 0 Å². The number of nitrogens with zero attached hydrogens (tertiary/aromatic N) is 1. The summed E-state index contributed by atoms with van der Waals surface area (Å²) in [6.45, 7) is 0.158. The molecule has 1 N–H and O–H groups in total. The zero-order chi connectivity index (χ0) is 21.2. The summed E-state index contributed by atoms with van der Waals surface area (Å²) in [5.41, 5.74) is -0.504. The van der Waals surface area contributed by atoms with Crippen molar-refractivity contribution in [3.63, 3.8) is 0 Å². The summed E-state index contributed by atoms with van der Waals surface area (Å²) in [6.07, 6.45) is 0.425. The number of halogens is 3. The predicted octanol–water partition coefficient (Wildman–Crippen LogP) is 3.67. The van der Waals surface area contributed by atoms with E-state index in [0.29, 0.717) is 0 Å². The molecular weight excluding hydrogens is 426 g/mol. The number of anilines is 1. The molecule has 1 heterocycles. The molecule has 0 bridgehead atoms. The van der Waals surface area contributed by atoms with Crippen molar-refractivity contribution in [2.75, 3.05) is 25.5 Å². The number of rotatable bonds is 5. The van der Waals surface area contributed by atoms with Crippen molar-refractivity contribution in [2.24, 2.45) is 5.92 Å². The van der Waals surface area contributed by atoms with Crippen LogP contribution >= 0.6 is 11.6 Å². The molecule has 6 nitrogen and oxygen atoms in total. The molecule has 0 unspecified atom stereocenters. The zero-order valence-electron chi connectivity index (χ0n) is 15.5. The van der Waals surface area contributed by atoms with Crippen molar-refractivity contribution < 1.29 is 26.7 Å². The van der Waals surface area contributed by atoms with Crippen LogP contribution in [0, 0.1) is 17.6 Å². The number of amides is 1. The molecule has 0 aliphatic carbocycles. The van der Waals surface area contributed by atoms with Crippen LogP contribution in [-0.2, 0) is 14.8 Å². The van der Waals surface area contributed by atoms with E-state index >= 15 is 0 Å². The molecule has 156 valence electrons. The standard InChI is InChI=1S/C19H19ClF2N2O4S/c1-28-16-6-5-13(20)11-17(16)29(26,27)24-9-7-12(8-10-24)19(25)23-18-14(21)3-2-4-15(18)22/h2-6,11-12H,7-10H2,1H3,(H,23,25). The Morgan fingerprint density at radius 1 is 1.17 bits per heavy atom. The number of methoxy groups -OCH3 is 1. The summed E-state index contributed by atoms with van der Waals surface area (Å²) < 4.78 is 59.7. The van der Waals surface area contributed by atoms with Gasteiger partial charge in [-0.2, -0.15) is 4.31 Å². The van der Waals surface area contributed by atoms with Gasteiger partial charge < -0.3 is 10.1 Å². The topological polar surface area (TPSA) is 75.7 Å². The van der Waals surface area contributed by atoms with E-state index in [9.17, 15) is 22.0 Å². The Kier molecular flexibility index (Phi) is 6.40. The number of piperidine rings is 1. The fraction of sp³-hybridized carbons (Fsp3) is 0.316. The van der Waals surface area contributed by atoms with Crippen molar-refractivity contribution >= 4 is 33.2 Å². The summed E-state index contributed by atoms with van der Waals surface area (Å²) in [6, 6.07) is 7.61. The Morgan fingerprint density at radius 2 is 1.79 bits per heavy atom. The highest BCUT2D eigenvalue weighted by molar-refractivity contribution is 7.89. The highest BCUT2D eigenvalue weighted by Gasteiger charge is 2.34. The van der Waals surface area contributed by atoms with Crippen molar-refractivity contribution in [1.82, 2.24) is 4.31 Å². The van der Waals surface area contributed by atoms with E-state index in [1.165, 1.54) is 35.7 Å². The molecule has 2 aromatic carbocycles. The molecule has 10 heteroatoms. The first kappa shape index (κ1) is 21.5. The number of carbonyl (C=O) groups is 1. The van der Waals surface area contributed by atoms with Gasteiger partial charge in [0.1, 0.15) is 28.0 Å². The summed E-state index contributed by atoms with van der Waals surface area (Å²) in [4.78, 5) is 12.3. The second kappa shape index (κ2) is 8.64. The molecule has 29 heavy (non-hydrogen) atoms. The third-order valence-electron chi connectivity index (χ3n) is 4.78. The van der Waals surface area contributed by atoms with Gasteiger partial charge in [-0.1, -0.05) is 17.7 Å². The number of ether oxygens (including phenoxy) is 1. The fourth-order valence-electron chi connectivity index (χ4n) is 3.19. The van der Waals surface area contributed by atoms with E-state index < -0.39 is 39.2 Å². The van der Waals surface area contributed by atoms with Crippen LogP contribution in [0.2, 0.25) is 5.02 Å². The number of benzene rings is 2. The molecule has 0 atom stereocenters. The summed E-state index contributed by atoms with van der Waals surface area (Å²) in [7, 11) is -2.51. The lowest BCUT2D eigenvalue weighted by atomic mass is 9.97. The second-order valence-corrected chi connectivity index (χ2v) is 8.90. The molecule has 0 aromatic heterocycles. The van der Waals surface area contributed by atoms with Crippen molar-refractivity contribution in [3.05, 3.63) is 53.1 Å². The molecule has 1 amide bonds. The number of hydrogen-bond acceptors (Lipinski definition) is 4. The first-order valence-electron chi connectivity index (χ1n) is 8.82. The van der Waals surface area contributed by atoms with E-state index in [1.54, 1.807) is 0 Å². The number of nitrogens with one attached hydrogen (secondary N) is 1. The first-order chi connectivity index (χ1) is 13.7. The number of para-hydroxylation sites is 1. The Hall–Kier alpha value is -2.23. The minimum absolute atomic E-state index is 0.0520. The molecule has 0 spiro atoms. The van der Waals surface area contributed by atoms with Gasteiger partial charge >= 0.3 is 0 Å². The summed E-state index contributed by atoms with van der Waals surface area (Å²) in [5, 5.41) is 2.52. The molecule has 2 aromatic rings. The van der Waals surface area contributed by atoms with Crippen molar-refractivity contribution in [3.8, 4) is 5.75 Å². The van der Waals surface area contributed by atoms with Crippen LogP contribution in [0.5, 0.6) is 5.75 Å². The van der Waals surface area contributed by atoms with Crippen LogP contribution in [0.1, 0.15) is 12.8 Å². The van der Waals surface area contributed by atoms with Crippen LogP contribution < -0.4 is 10.1 Å². The SMILES string of the molecule is COc1ccc(Cl)cc1S(=O)(=O)N1CCC(C(=O)Nc2c(F)cccc2F)CC1. The van der Waals surface area contributed by atoms with Gasteiger partial charge in [-0.3, -0.25) is 4.79 Å². The molecule has 1 aliphatic heterocycles. The normalized spacial score (nSPS) is 15.9. The largest absolute Gasteiger partial charge is 0.495 e. The minimum Gasteiger partial charge on any atom is -0.495 e. The van der Waals surface area contributed by atoms with Crippen LogP contribution in [-0.4, -0.2) is 38.8 Å². The van der Waals surface area contributed by atoms with Crippen LogP contribution in [0.15, 0.2) is 41.3 Å². The lowest BCUT2D eigenvalue weighted by Gasteiger charge is -2.31. The lowest BCUT2D eigenvalue weighted by molar-refractivity contribution is -0.121. The lowest BCUT2D eigenvalue weighted by Crippen LogP contribution is -2.41. The number of carbonyl (C=O) groups excluding carboxylic acids is 1. The maximum Gasteiger partial charge on any atom is 0.246 e. The van der Waals surface area contributed by atoms with Crippen molar-refractivity contribution in [2.45, 2.75) is 17.7 Å². The Bertz CT molecular complexity index is 1000. The van der Waals surface area contributed by atoms with Gasteiger partial charge in [-0.15, -0.1) is 0 Å². The molecule has 0 saturated carbocycles. The Morgan fingerprint density at radius 3 is 2.38 bits per heavy atom. The maximum absolute atomic E-state index is 13.7. The van der Waals surface area contributed by atoms with Gasteiger partial charge in [0.2, 0.25) is 15.9 Å². The fourth-order valence-corrected chi connectivity index (χ4v) is 5.08. The van der Waals surface area contributed by atoms with Crippen LogP contribution in [0.4, 0.5) is 14.5 Å². The Balaban J connectivity index is 1.70. The third-order valence-corrected chi connectivity index (χ3v) is 6.93. The van der Waals surface area contributed by atoms with Crippen LogP contribution in [0.3, 0.4) is 0 Å². The maximum atomic E-state index is 13.7. The van der Waals surface area contributed by atoms with Gasteiger partial charge in [0, 0.05) is 24.0 Å². The minimum atomic E-state index is -3.88. The predicted molar refractivity (Wildman–Crippen MR) is 104 cm³/mol. The Labute approximate surface area is 172 Å². The highest BCUT2D eigenvalue weighted by atomic mass is 35.5. The molecule has 1 saturated heterocycles. The highest BCUT2D eigenvalue weighted by Crippen LogP contribution is 2.32. The smallest absolute Gasteiger partial charge is 0.246 e. The first-order valence-corrected chi connectivity index (χ1v) is 10.6. The molecule has 1 fully saturated rings. The van der Waals surface area contributed by atoms with Gasteiger partial charge in [-0.05, 0) is 43.2 Å². The van der Waals surface area contributed by atoms with E-state index in [0.717, 1.165) is 12.1 Å². The van der Waals surface area contributed by atoms with E-state index in [-0.39, 0.29) is 41.6 Å². The molecule has 0 radical (unpaired) electrons. The summed E-state index contributed by atoms with van der Waals surface area (Å²) >= 11 is 5.93. The average molecular weight is 445 g/mol. The molecular formula is C19H19ClF2N2O4S. The third kappa shape index (κ3) is 4.52. The molecule has 1 aliphatic rings. The number of sulfonamides is 1. The van der Waals surface area contributed by atoms with E-state index in [2.05, 4.69) is 5.32 Å². The quantitative estimate of drug-likeness (QED) is 0.763. The van der Waals surface area contributed by atoms with Gasteiger partial charge in [-0.25, -0.2) is 17.2 Å². The zero-order valence-corrected chi connectivity index (χ0v) is 17.1. The average Bonchev–Trinajstić information content (AvgIpc) is 2.70. The van der Waals surface area contributed by atoms with Gasteiger partial charge in [0.25, 0.3) is 0 Å². The summed E-state index contributed by atoms with van der Waals surface area (Å²) in [5.74, 6) is -2.68. The number of hydrogen-bond donors (Lipinski definition) is 1. The second-order valence-electron chi connectivity index (χ2n) is 6.56. The van der Waals surface area contributed by atoms with Crippen LogP contribution in [0.25, 0.3) is 0 Å².